The summed E-state index contributed by atoms with van der Waals surface area (Å²) >= 11 is 0. The average molecular weight is 167 g/mol. The summed E-state index contributed by atoms with van der Waals surface area (Å²) in [4.78, 5) is 0. The molecule has 0 aliphatic heterocycles. The molecule has 2 nitrogen and oxygen atoms in total. The van der Waals surface area contributed by atoms with Crippen molar-refractivity contribution < 1.29 is 66.4 Å². The summed E-state index contributed by atoms with van der Waals surface area (Å²) in [7, 11) is 2.83. The molecule has 0 bridgehead atoms. The van der Waals surface area contributed by atoms with E-state index in [-0.39, 0.29) is 62.0 Å². The Kier molecular flexibility index (Phi) is 31.9. The summed E-state index contributed by atoms with van der Waals surface area (Å²) in [5.74, 6) is 0. The van der Waals surface area contributed by atoms with Crippen LogP contribution >= 0.6 is 0 Å². The van der Waals surface area contributed by atoms with E-state index in [4.69, 9.17) is 4.43 Å². The van der Waals surface area contributed by atoms with Crippen molar-refractivity contribution >= 4 is 10.5 Å². The van der Waals surface area contributed by atoms with Gasteiger partial charge >= 0.3 is 59.1 Å². The van der Waals surface area contributed by atoms with Crippen LogP contribution < -0.4 is 64.4 Å². The topological polar surface area (TPSA) is 21.3 Å². The normalized spacial score (nSPS) is 7.67. The first-order valence-electron chi connectivity index (χ1n) is 2.55. The molecule has 0 aromatic carbocycles. The van der Waals surface area contributed by atoms with Gasteiger partial charge < -0.3 is 12.6 Å². The van der Waals surface area contributed by atoms with Crippen molar-refractivity contribution in [3.05, 3.63) is 0 Å². The van der Waals surface area contributed by atoms with Gasteiger partial charge in [0.05, 0.1) is 0 Å². The fourth-order valence-corrected chi connectivity index (χ4v) is 0.682. The third kappa shape index (κ3) is 17.8. The van der Waals surface area contributed by atoms with Gasteiger partial charge in [0.1, 0.15) is 10.5 Å². The van der Waals surface area contributed by atoms with E-state index in [0.717, 1.165) is 30.1 Å². The van der Waals surface area contributed by atoms with E-state index >= 15 is 0 Å². The third-order valence-electron chi connectivity index (χ3n) is 0.775. The molecule has 0 spiro atoms. The molecule has 9 heavy (non-hydrogen) atoms. The van der Waals surface area contributed by atoms with Crippen LogP contribution in [0.25, 0.3) is 0 Å². The van der Waals surface area contributed by atoms with E-state index < -0.39 is 0 Å². The summed E-state index contributed by atoms with van der Waals surface area (Å²) in [6.45, 7) is 2.00. The molecule has 0 saturated heterocycles. The number of nitrogens with one attached hydrogen (secondary N) is 1. The molecule has 0 unspecified atom stereocenters. The van der Waals surface area contributed by atoms with Crippen LogP contribution in [0.3, 0.4) is 0 Å². The Morgan fingerprint density at radius 2 is 2.11 bits per heavy atom. The predicted octanol–water partition coefficient (Wildman–Crippen LogP) is -6.87. The quantitative estimate of drug-likeness (QED) is 0.332. The summed E-state index contributed by atoms with van der Waals surface area (Å²) in [6, 6.07) is 0. The van der Waals surface area contributed by atoms with Crippen molar-refractivity contribution in [3.8, 4) is 0 Å². The van der Waals surface area contributed by atoms with Gasteiger partial charge in [0, 0.05) is 6.61 Å². The fourth-order valence-electron chi connectivity index (χ4n) is 0.393. The molecule has 5 heteroatoms. The first kappa shape index (κ1) is 17.3. The minimum atomic E-state index is 0. The molecule has 48 valence electrons. The van der Waals surface area contributed by atoms with Crippen molar-refractivity contribution in [2.24, 2.45) is 0 Å². The van der Waals surface area contributed by atoms with Gasteiger partial charge in [-0.1, -0.05) is 0 Å². The van der Waals surface area contributed by atoms with Crippen molar-refractivity contribution in [1.82, 2.24) is 5.32 Å². The molecule has 0 heterocycles. The van der Waals surface area contributed by atoms with Gasteiger partial charge in [0.25, 0.3) is 0 Å². The van der Waals surface area contributed by atoms with Crippen LogP contribution in [0.4, 0.5) is 0 Å². The van der Waals surface area contributed by atoms with E-state index in [9.17, 15) is 0 Å². The standard InChI is InChI=1S/C4H13NOSi.2Na.2H/c1-5-3-2-4-6-7;;;;/h5H,2-4H2,1,7H3;;;;/q;2*+1;2*-1. The second-order valence-electron chi connectivity index (χ2n) is 1.45. The summed E-state index contributed by atoms with van der Waals surface area (Å²) in [6.07, 6.45) is 1.14. The molecule has 0 aliphatic carbocycles. The minimum absolute atomic E-state index is 0. The average Bonchev–Trinajstić information content (AvgIpc) is 1.69. The monoisotopic (exact) mass is 167 g/mol. The third-order valence-corrected chi connectivity index (χ3v) is 1.18. The van der Waals surface area contributed by atoms with Gasteiger partial charge in [-0.25, -0.2) is 0 Å². The van der Waals surface area contributed by atoms with E-state index in [1.54, 1.807) is 0 Å². The molecule has 0 atom stereocenters. The van der Waals surface area contributed by atoms with Crippen LogP contribution in [0.2, 0.25) is 0 Å². The Bertz CT molecular complexity index is 45.3. The maximum atomic E-state index is 4.94. The van der Waals surface area contributed by atoms with Gasteiger partial charge in [-0.05, 0) is 20.0 Å². The smallest absolute Gasteiger partial charge is 1.00 e. The van der Waals surface area contributed by atoms with Gasteiger partial charge in [0.15, 0.2) is 0 Å². The molecule has 0 saturated carbocycles. The van der Waals surface area contributed by atoms with Crippen molar-refractivity contribution in [3.63, 3.8) is 0 Å². The van der Waals surface area contributed by atoms with Crippen LogP contribution in [0.15, 0.2) is 0 Å². The summed E-state index contributed by atoms with van der Waals surface area (Å²) in [5.41, 5.74) is 0. The summed E-state index contributed by atoms with van der Waals surface area (Å²) in [5, 5.41) is 3.04. The van der Waals surface area contributed by atoms with Crippen LogP contribution in [-0.4, -0.2) is 30.7 Å². The molecule has 0 rings (SSSR count). The van der Waals surface area contributed by atoms with Crippen molar-refractivity contribution in [2.45, 2.75) is 6.42 Å². The Hall–Kier alpha value is 2.14. The van der Waals surface area contributed by atoms with Gasteiger partial charge in [0.2, 0.25) is 0 Å². The van der Waals surface area contributed by atoms with Crippen LogP contribution in [0.1, 0.15) is 9.27 Å². The van der Waals surface area contributed by atoms with E-state index in [1.807, 2.05) is 7.05 Å². The SMILES string of the molecule is CNCCCO[SiH3].[H-].[H-].[Na+].[Na+]. The number of rotatable bonds is 4. The van der Waals surface area contributed by atoms with E-state index in [1.165, 1.54) is 0 Å². The first-order valence-corrected chi connectivity index (χ1v) is 3.37. The molecule has 0 aromatic rings. The number of hydrogen-bond donors (Lipinski definition) is 1. The molecule has 1 N–H and O–H groups in total. The largest absolute Gasteiger partial charge is 1.00 e. The second kappa shape index (κ2) is 16.6. The Labute approximate surface area is 108 Å². The van der Waals surface area contributed by atoms with Crippen LogP contribution in [-0.2, 0) is 4.43 Å². The van der Waals surface area contributed by atoms with Gasteiger partial charge in [-0.3, -0.25) is 0 Å². The maximum absolute atomic E-state index is 4.94. The van der Waals surface area contributed by atoms with Crippen LogP contribution in [0.5, 0.6) is 0 Å². The van der Waals surface area contributed by atoms with E-state index in [2.05, 4.69) is 5.32 Å². The maximum Gasteiger partial charge on any atom is 1.00 e. The molecule has 0 radical (unpaired) electrons. The van der Waals surface area contributed by atoms with E-state index in [0.29, 0.717) is 0 Å². The second-order valence-corrected chi connectivity index (χ2v) is 2.03. The summed E-state index contributed by atoms with van der Waals surface area (Å²) < 4.78 is 4.94. The Morgan fingerprint density at radius 3 is 2.44 bits per heavy atom. The molecule has 0 amide bonds. The van der Waals surface area contributed by atoms with Crippen molar-refractivity contribution in [2.75, 3.05) is 20.2 Å². The van der Waals surface area contributed by atoms with Gasteiger partial charge in [-0.2, -0.15) is 0 Å². The zero-order valence-corrected chi connectivity index (χ0v) is 13.0. The Morgan fingerprint density at radius 1 is 1.56 bits per heavy atom. The van der Waals surface area contributed by atoms with Gasteiger partial charge in [-0.15, -0.1) is 0 Å². The number of hydrogen-bond acceptors (Lipinski definition) is 2. The van der Waals surface area contributed by atoms with Crippen molar-refractivity contribution in [1.29, 1.82) is 0 Å². The molecule has 0 aromatic heterocycles. The molecule has 0 fully saturated rings. The van der Waals surface area contributed by atoms with Crippen LogP contribution in [0, 0.1) is 0 Å². The fraction of sp³-hybridized carbons (Fsp3) is 1.00. The molecule has 0 aliphatic rings. The molecular weight excluding hydrogens is 152 g/mol. The zero-order valence-electron chi connectivity index (χ0n) is 9.03. The predicted molar refractivity (Wildman–Crippen MR) is 36.7 cm³/mol. The first-order chi connectivity index (χ1) is 3.41. The Balaban J connectivity index is -0.0000000300. The molecular formula is C4H15NNa2OSi. The zero-order chi connectivity index (χ0) is 5.54. The minimum Gasteiger partial charge on any atom is -1.00 e.